The Hall–Kier alpha value is -0.830. The average Bonchev–Trinajstić information content (AvgIpc) is 1.98. The number of carbonyl (C=O) groups excluding carboxylic acids is 1. The van der Waals surface area contributed by atoms with Crippen LogP contribution in [-0.2, 0) is 4.79 Å². The molecule has 70 valence electrons. The van der Waals surface area contributed by atoms with Gasteiger partial charge in [0.2, 0.25) is 5.91 Å². The Morgan fingerprint density at radius 1 is 1.58 bits per heavy atom. The summed E-state index contributed by atoms with van der Waals surface area (Å²) in [5, 5.41) is 3.07. The Morgan fingerprint density at radius 2 is 2.08 bits per heavy atom. The van der Waals surface area contributed by atoms with Crippen molar-refractivity contribution in [3.05, 3.63) is 12.2 Å². The molecule has 0 saturated carbocycles. The van der Waals surface area contributed by atoms with Crippen molar-refractivity contribution in [1.82, 2.24) is 10.2 Å². The molecule has 0 bridgehead atoms. The van der Waals surface area contributed by atoms with E-state index in [0.29, 0.717) is 6.54 Å². The van der Waals surface area contributed by atoms with Crippen molar-refractivity contribution in [2.75, 3.05) is 20.6 Å². The molecule has 12 heavy (non-hydrogen) atoms. The molecule has 0 saturated heterocycles. The molecule has 0 aromatic rings. The molecule has 0 spiro atoms. The first kappa shape index (κ1) is 11.2. The van der Waals surface area contributed by atoms with Crippen molar-refractivity contribution < 1.29 is 4.79 Å². The predicted octanol–water partition coefficient (Wildman–Crippen LogP) is 0.629. The van der Waals surface area contributed by atoms with E-state index in [4.69, 9.17) is 0 Å². The minimum Gasteiger partial charge on any atom is -0.347 e. The van der Waals surface area contributed by atoms with Gasteiger partial charge < -0.3 is 10.2 Å². The van der Waals surface area contributed by atoms with Crippen molar-refractivity contribution >= 4 is 5.91 Å². The molecule has 0 fully saturated rings. The van der Waals surface area contributed by atoms with Gasteiger partial charge in [-0.1, -0.05) is 12.2 Å². The lowest BCUT2D eigenvalue weighted by molar-refractivity contribution is -0.130. The molecular weight excluding hydrogens is 152 g/mol. The summed E-state index contributed by atoms with van der Waals surface area (Å²) >= 11 is 0. The lowest BCUT2D eigenvalue weighted by Crippen LogP contribution is -2.41. The molecule has 0 aromatic carbocycles. The number of likely N-dealkylation sites (N-methyl/N-ethyl adjacent to an activating group) is 1. The fourth-order valence-electron chi connectivity index (χ4n) is 0.802. The normalized spacial score (nSPS) is 12.3. The van der Waals surface area contributed by atoms with Crippen LogP contribution in [0.3, 0.4) is 0 Å². The van der Waals surface area contributed by atoms with E-state index in [2.05, 4.69) is 11.9 Å². The Morgan fingerprint density at radius 3 is 2.42 bits per heavy atom. The number of nitrogens with zero attached hydrogens (tertiary/aromatic N) is 1. The van der Waals surface area contributed by atoms with Crippen LogP contribution in [0.1, 0.15) is 13.8 Å². The van der Waals surface area contributed by atoms with Crippen LogP contribution in [0.2, 0.25) is 0 Å². The molecule has 0 aromatic heterocycles. The summed E-state index contributed by atoms with van der Waals surface area (Å²) in [6, 6.07) is -0.128. The summed E-state index contributed by atoms with van der Waals surface area (Å²) in [7, 11) is 3.50. The number of carbonyl (C=O) groups is 1. The highest BCUT2D eigenvalue weighted by molar-refractivity contribution is 5.80. The van der Waals surface area contributed by atoms with Gasteiger partial charge in [-0.25, -0.2) is 0 Å². The fourth-order valence-corrected chi connectivity index (χ4v) is 0.802. The quantitative estimate of drug-likeness (QED) is 0.628. The van der Waals surface area contributed by atoms with Gasteiger partial charge in [-0.05, 0) is 13.8 Å². The van der Waals surface area contributed by atoms with Crippen LogP contribution in [0.15, 0.2) is 12.2 Å². The van der Waals surface area contributed by atoms with Crippen LogP contribution < -0.4 is 5.32 Å². The highest BCUT2D eigenvalue weighted by Gasteiger charge is 2.12. The third kappa shape index (κ3) is 4.13. The Bertz CT molecular complexity index is 175. The molecule has 1 unspecified atom stereocenters. The molecule has 1 amide bonds. The van der Waals surface area contributed by atoms with Crippen LogP contribution in [0.4, 0.5) is 0 Å². The van der Waals surface area contributed by atoms with E-state index in [1.54, 1.807) is 19.0 Å². The average molecular weight is 170 g/mol. The monoisotopic (exact) mass is 170 g/mol. The molecule has 0 radical (unpaired) electrons. The zero-order valence-corrected chi connectivity index (χ0v) is 8.35. The van der Waals surface area contributed by atoms with E-state index in [1.807, 2.05) is 13.8 Å². The number of rotatable bonds is 4. The minimum absolute atomic E-state index is 0.0938. The standard InChI is InChI=1S/C9H18N2O/c1-7(2)6-10-8(3)9(12)11(4)5/h8,10H,1,6H2,2-5H3. The van der Waals surface area contributed by atoms with Gasteiger partial charge in [0, 0.05) is 20.6 Å². The van der Waals surface area contributed by atoms with E-state index in [1.165, 1.54) is 0 Å². The van der Waals surface area contributed by atoms with Crippen molar-refractivity contribution in [2.24, 2.45) is 0 Å². The second kappa shape index (κ2) is 4.93. The van der Waals surface area contributed by atoms with Crippen LogP contribution >= 0.6 is 0 Å². The smallest absolute Gasteiger partial charge is 0.238 e. The van der Waals surface area contributed by atoms with Gasteiger partial charge in [-0.2, -0.15) is 0 Å². The summed E-state index contributed by atoms with van der Waals surface area (Å²) in [5.41, 5.74) is 1.04. The maximum Gasteiger partial charge on any atom is 0.238 e. The first-order valence-electron chi connectivity index (χ1n) is 4.04. The number of nitrogens with one attached hydrogen (secondary N) is 1. The van der Waals surface area contributed by atoms with Crippen LogP contribution in [0.5, 0.6) is 0 Å². The summed E-state index contributed by atoms with van der Waals surface area (Å²) in [6.07, 6.45) is 0. The van der Waals surface area contributed by atoms with Gasteiger partial charge in [0.25, 0.3) is 0 Å². The number of hydrogen-bond donors (Lipinski definition) is 1. The van der Waals surface area contributed by atoms with Crippen molar-refractivity contribution in [3.63, 3.8) is 0 Å². The van der Waals surface area contributed by atoms with E-state index in [9.17, 15) is 4.79 Å². The largest absolute Gasteiger partial charge is 0.347 e. The molecule has 1 N–H and O–H groups in total. The summed E-state index contributed by atoms with van der Waals surface area (Å²) in [6.45, 7) is 8.22. The SMILES string of the molecule is C=C(C)CNC(C)C(=O)N(C)C. The third-order valence-corrected chi connectivity index (χ3v) is 1.52. The summed E-state index contributed by atoms with van der Waals surface area (Å²) < 4.78 is 0. The predicted molar refractivity (Wildman–Crippen MR) is 51.0 cm³/mol. The lowest BCUT2D eigenvalue weighted by Gasteiger charge is -2.17. The second-order valence-corrected chi connectivity index (χ2v) is 3.29. The number of amides is 1. The van der Waals surface area contributed by atoms with E-state index < -0.39 is 0 Å². The Kier molecular flexibility index (Phi) is 4.59. The van der Waals surface area contributed by atoms with Gasteiger partial charge in [0.15, 0.2) is 0 Å². The van der Waals surface area contributed by atoms with E-state index in [0.717, 1.165) is 5.57 Å². The van der Waals surface area contributed by atoms with Crippen LogP contribution in [0, 0.1) is 0 Å². The van der Waals surface area contributed by atoms with Crippen LogP contribution in [-0.4, -0.2) is 37.5 Å². The number of hydrogen-bond acceptors (Lipinski definition) is 2. The maximum absolute atomic E-state index is 11.3. The maximum atomic E-state index is 11.3. The van der Waals surface area contributed by atoms with Crippen molar-refractivity contribution in [3.8, 4) is 0 Å². The van der Waals surface area contributed by atoms with E-state index >= 15 is 0 Å². The highest BCUT2D eigenvalue weighted by Crippen LogP contribution is 1.90. The molecule has 0 aliphatic heterocycles. The Balaban J connectivity index is 3.79. The second-order valence-electron chi connectivity index (χ2n) is 3.29. The fraction of sp³-hybridized carbons (Fsp3) is 0.667. The summed E-state index contributed by atoms with van der Waals surface area (Å²) in [4.78, 5) is 12.9. The summed E-state index contributed by atoms with van der Waals surface area (Å²) in [5.74, 6) is 0.0938. The van der Waals surface area contributed by atoms with Gasteiger partial charge >= 0.3 is 0 Å². The van der Waals surface area contributed by atoms with E-state index in [-0.39, 0.29) is 11.9 Å². The topological polar surface area (TPSA) is 32.3 Å². The van der Waals surface area contributed by atoms with Gasteiger partial charge in [-0.3, -0.25) is 4.79 Å². The lowest BCUT2D eigenvalue weighted by atomic mass is 10.2. The molecule has 0 aliphatic carbocycles. The first-order chi connectivity index (χ1) is 5.45. The zero-order valence-electron chi connectivity index (χ0n) is 8.35. The van der Waals surface area contributed by atoms with Crippen LogP contribution in [0.25, 0.3) is 0 Å². The highest BCUT2D eigenvalue weighted by atomic mass is 16.2. The first-order valence-corrected chi connectivity index (χ1v) is 4.04. The molecular formula is C9H18N2O. The Labute approximate surface area is 74.4 Å². The minimum atomic E-state index is -0.128. The van der Waals surface area contributed by atoms with Gasteiger partial charge in [-0.15, -0.1) is 0 Å². The van der Waals surface area contributed by atoms with Gasteiger partial charge in [0.05, 0.1) is 6.04 Å². The molecule has 0 rings (SSSR count). The van der Waals surface area contributed by atoms with Crippen molar-refractivity contribution in [2.45, 2.75) is 19.9 Å². The van der Waals surface area contributed by atoms with Crippen molar-refractivity contribution in [1.29, 1.82) is 0 Å². The van der Waals surface area contributed by atoms with Gasteiger partial charge in [0.1, 0.15) is 0 Å². The zero-order chi connectivity index (χ0) is 9.72. The molecule has 1 atom stereocenters. The molecule has 0 aliphatic rings. The third-order valence-electron chi connectivity index (χ3n) is 1.52. The molecule has 3 heteroatoms. The molecule has 3 nitrogen and oxygen atoms in total. The molecule has 0 heterocycles.